The summed E-state index contributed by atoms with van der Waals surface area (Å²) in [6, 6.07) is 0. The van der Waals surface area contributed by atoms with Crippen molar-refractivity contribution in [3.05, 3.63) is 10.7 Å². The molecule has 1 N–H and O–H groups in total. The molecule has 0 amide bonds. The third-order valence-electron chi connectivity index (χ3n) is 3.24. The Hall–Kier alpha value is -1.05. The Morgan fingerprint density at radius 2 is 2.25 bits per heavy atom. The molecule has 20 heavy (non-hydrogen) atoms. The topological polar surface area (TPSA) is 59.9 Å². The van der Waals surface area contributed by atoms with Crippen molar-refractivity contribution < 1.29 is 4.74 Å². The van der Waals surface area contributed by atoms with E-state index in [1.807, 2.05) is 7.05 Å². The second-order valence-corrected chi connectivity index (χ2v) is 6.75. The van der Waals surface area contributed by atoms with Crippen molar-refractivity contribution >= 4 is 27.8 Å². The molecule has 0 saturated carbocycles. The SMILES string of the molecule is CCCc1nc(C2CCCO2)sc1-c1nnc(NC)s1. The Bertz CT molecular complexity index is 575. The van der Waals surface area contributed by atoms with Gasteiger partial charge in [-0.05, 0) is 19.3 Å². The minimum Gasteiger partial charge on any atom is -0.371 e. The van der Waals surface area contributed by atoms with Crippen molar-refractivity contribution in [1.82, 2.24) is 15.2 Å². The fourth-order valence-electron chi connectivity index (χ4n) is 2.27. The lowest BCUT2D eigenvalue weighted by Crippen LogP contribution is -1.95. The summed E-state index contributed by atoms with van der Waals surface area (Å²) in [7, 11) is 1.86. The van der Waals surface area contributed by atoms with Gasteiger partial charge < -0.3 is 10.1 Å². The number of rotatable bonds is 5. The molecule has 3 rings (SSSR count). The molecule has 2 aromatic heterocycles. The normalized spacial score (nSPS) is 18.6. The number of hydrogen-bond donors (Lipinski definition) is 1. The van der Waals surface area contributed by atoms with Gasteiger partial charge in [0.25, 0.3) is 0 Å². The van der Waals surface area contributed by atoms with Gasteiger partial charge in [0.15, 0.2) is 5.01 Å². The highest BCUT2D eigenvalue weighted by Gasteiger charge is 2.24. The van der Waals surface area contributed by atoms with Gasteiger partial charge in [-0.1, -0.05) is 24.7 Å². The quantitative estimate of drug-likeness (QED) is 0.916. The first-order valence-corrected chi connectivity index (χ1v) is 8.58. The average molecular weight is 310 g/mol. The van der Waals surface area contributed by atoms with E-state index in [1.165, 1.54) is 0 Å². The van der Waals surface area contributed by atoms with Gasteiger partial charge in [-0.2, -0.15) is 0 Å². The van der Waals surface area contributed by atoms with Crippen LogP contribution in [-0.4, -0.2) is 28.8 Å². The molecule has 2 aromatic rings. The van der Waals surface area contributed by atoms with Crippen LogP contribution in [0.1, 0.15) is 43.0 Å². The second-order valence-electron chi connectivity index (χ2n) is 4.74. The van der Waals surface area contributed by atoms with E-state index >= 15 is 0 Å². The zero-order valence-corrected chi connectivity index (χ0v) is 13.3. The third-order valence-corrected chi connectivity index (χ3v) is 5.52. The first-order chi connectivity index (χ1) is 9.81. The van der Waals surface area contributed by atoms with Gasteiger partial charge in [-0.3, -0.25) is 0 Å². The number of ether oxygens (including phenoxy) is 1. The fraction of sp³-hybridized carbons (Fsp3) is 0.615. The summed E-state index contributed by atoms with van der Waals surface area (Å²) >= 11 is 3.30. The van der Waals surface area contributed by atoms with Crippen LogP contribution in [0.5, 0.6) is 0 Å². The summed E-state index contributed by atoms with van der Waals surface area (Å²) in [6.45, 7) is 3.03. The number of hydrogen-bond acceptors (Lipinski definition) is 7. The van der Waals surface area contributed by atoms with E-state index in [2.05, 4.69) is 22.4 Å². The molecule has 1 aliphatic heterocycles. The molecule has 3 heterocycles. The van der Waals surface area contributed by atoms with Crippen LogP contribution in [0.4, 0.5) is 5.13 Å². The van der Waals surface area contributed by atoms with E-state index in [0.717, 1.165) is 58.0 Å². The van der Waals surface area contributed by atoms with Gasteiger partial charge in [0.05, 0.1) is 10.6 Å². The van der Waals surface area contributed by atoms with Gasteiger partial charge >= 0.3 is 0 Å². The van der Waals surface area contributed by atoms with Crippen LogP contribution >= 0.6 is 22.7 Å². The number of aromatic nitrogens is 3. The Morgan fingerprint density at radius 3 is 2.90 bits per heavy atom. The van der Waals surface area contributed by atoms with Crippen molar-refractivity contribution in [2.75, 3.05) is 19.0 Å². The van der Waals surface area contributed by atoms with E-state index in [-0.39, 0.29) is 6.10 Å². The lowest BCUT2D eigenvalue weighted by molar-refractivity contribution is 0.111. The molecule has 108 valence electrons. The number of nitrogens with zero attached hydrogens (tertiary/aromatic N) is 3. The smallest absolute Gasteiger partial charge is 0.205 e. The minimum atomic E-state index is 0.182. The molecule has 0 aliphatic carbocycles. The predicted octanol–water partition coefficient (Wildman–Crippen LogP) is 3.51. The average Bonchev–Trinajstić information content (AvgIpc) is 3.19. The molecule has 0 bridgehead atoms. The maximum atomic E-state index is 5.75. The Balaban J connectivity index is 1.94. The van der Waals surface area contributed by atoms with Crippen LogP contribution in [0.3, 0.4) is 0 Å². The summed E-state index contributed by atoms with van der Waals surface area (Å²) < 4.78 is 5.75. The number of anilines is 1. The van der Waals surface area contributed by atoms with E-state index in [1.54, 1.807) is 22.7 Å². The van der Waals surface area contributed by atoms with Crippen molar-refractivity contribution in [3.63, 3.8) is 0 Å². The highest BCUT2D eigenvalue weighted by molar-refractivity contribution is 7.23. The number of thiazole rings is 1. The van der Waals surface area contributed by atoms with Gasteiger partial charge in [-0.15, -0.1) is 21.5 Å². The van der Waals surface area contributed by atoms with Crippen molar-refractivity contribution in [2.45, 2.75) is 38.7 Å². The summed E-state index contributed by atoms with van der Waals surface area (Å²) in [4.78, 5) is 5.97. The van der Waals surface area contributed by atoms with Crippen LogP contribution in [0, 0.1) is 0 Å². The summed E-state index contributed by atoms with van der Waals surface area (Å²) in [5.41, 5.74) is 1.14. The van der Waals surface area contributed by atoms with Crippen molar-refractivity contribution in [2.24, 2.45) is 0 Å². The molecule has 1 aliphatic rings. The lowest BCUT2D eigenvalue weighted by Gasteiger charge is -2.03. The van der Waals surface area contributed by atoms with E-state index in [0.29, 0.717) is 0 Å². The molecular weight excluding hydrogens is 292 g/mol. The maximum Gasteiger partial charge on any atom is 0.205 e. The molecule has 1 unspecified atom stereocenters. The number of aryl methyl sites for hydroxylation is 1. The Kier molecular flexibility index (Phi) is 4.28. The predicted molar refractivity (Wildman–Crippen MR) is 82.5 cm³/mol. The standard InChI is InChI=1S/C13H18N4OS2/c1-3-5-8-10(12-16-17-13(14-2)20-12)19-11(15-8)9-6-4-7-18-9/h9H,3-7H2,1-2H3,(H,14,17). The Labute approximate surface area is 126 Å². The van der Waals surface area contributed by atoms with Crippen LogP contribution in [0.15, 0.2) is 0 Å². The largest absolute Gasteiger partial charge is 0.371 e. The lowest BCUT2D eigenvalue weighted by atomic mass is 10.2. The van der Waals surface area contributed by atoms with Gasteiger partial charge in [-0.25, -0.2) is 4.98 Å². The molecular formula is C13H18N4OS2. The van der Waals surface area contributed by atoms with E-state index in [4.69, 9.17) is 9.72 Å². The van der Waals surface area contributed by atoms with Crippen LogP contribution in [0.25, 0.3) is 9.88 Å². The summed E-state index contributed by atoms with van der Waals surface area (Å²) in [6.07, 6.45) is 4.45. The van der Waals surface area contributed by atoms with Crippen LogP contribution in [0.2, 0.25) is 0 Å². The minimum absolute atomic E-state index is 0.182. The molecule has 1 fully saturated rings. The van der Waals surface area contributed by atoms with Crippen LogP contribution in [-0.2, 0) is 11.2 Å². The van der Waals surface area contributed by atoms with Gasteiger partial charge in [0.2, 0.25) is 5.13 Å². The fourth-order valence-corrected chi connectivity index (χ4v) is 4.25. The van der Waals surface area contributed by atoms with Crippen molar-refractivity contribution in [1.29, 1.82) is 0 Å². The van der Waals surface area contributed by atoms with E-state index in [9.17, 15) is 0 Å². The molecule has 0 aromatic carbocycles. The molecule has 5 nitrogen and oxygen atoms in total. The van der Waals surface area contributed by atoms with Gasteiger partial charge in [0, 0.05) is 13.7 Å². The zero-order chi connectivity index (χ0) is 13.9. The summed E-state index contributed by atoms with van der Waals surface area (Å²) in [5.74, 6) is 0. The molecule has 7 heteroatoms. The second kappa shape index (κ2) is 6.15. The summed E-state index contributed by atoms with van der Waals surface area (Å²) in [5, 5.41) is 14.3. The zero-order valence-electron chi connectivity index (χ0n) is 11.7. The van der Waals surface area contributed by atoms with E-state index < -0.39 is 0 Å². The van der Waals surface area contributed by atoms with Gasteiger partial charge in [0.1, 0.15) is 11.1 Å². The molecule has 1 saturated heterocycles. The highest BCUT2D eigenvalue weighted by Crippen LogP contribution is 2.39. The van der Waals surface area contributed by atoms with Crippen molar-refractivity contribution in [3.8, 4) is 9.88 Å². The Morgan fingerprint density at radius 1 is 1.35 bits per heavy atom. The molecule has 0 spiro atoms. The molecule has 0 radical (unpaired) electrons. The van der Waals surface area contributed by atoms with Crippen LogP contribution < -0.4 is 5.32 Å². The monoisotopic (exact) mass is 310 g/mol. The first-order valence-electron chi connectivity index (χ1n) is 6.94. The highest BCUT2D eigenvalue weighted by atomic mass is 32.1. The third kappa shape index (κ3) is 2.70. The maximum absolute atomic E-state index is 5.75. The molecule has 1 atom stereocenters. The number of nitrogens with one attached hydrogen (secondary N) is 1. The first kappa shape index (κ1) is 13.9.